The van der Waals surface area contributed by atoms with E-state index in [1.807, 2.05) is 15.5 Å². The number of carbonyl (C=O) groups excluding carboxylic acids is 1. The van der Waals surface area contributed by atoms with Crippen molar-refractivity contribution in [1.82, 2.24) is 14.5 Å². The lowest BCUT2D eigenvalue weighted by molar-refractivity contribution is -0.131. The molecule has 2 bridgehead atoms. The Labute approximate surface area is 150 Å². The first kappa shape index (κ1) is 16.1. The molecule has 25 heavy (non-hydrogen) atoms. The van der Waals surface area contributed by atoms with E-state index in [1.165, 1.54) is 0 Å². The predicted molar refractivity (Wildman–Crippen MR) is 96.5 cm³/mol. The maximum absolute atomic E-state index is 12.7. The van der Waals surface area contributed by atoms with E-state index >= 15 is 0 Å². The third kappa shape index (κ3) is 2.80. The van der Waals surface area contributed by atoms with Crippen molar-refractivity contribution in [2.45, 2.75) is 25.8 Å². The molecule has 1 saturated heterocycles. The van der Waals surface area contributed by atoms with Crippen LogP contribution in [0.5, 0.6) is 0 Å². The second-order valence-corrected chi connectivity index (χ2v) is 7.34. The van der Waals surface area contributed by atoms with Crippen LogP contribution >= 0.6 is 11.6 Å². The van der Waals surface area contributed by atoms with Crippen LogP contribution < -0.4 is 11.3 Å². The van der Waals surface area contributed by atoms with Crippen LogP contribution in [-0.4, -0.2) is 33.4 Å². The zero-order valence-electron chi connectivity index (χ0n) is 13.9. The van der Waals surface area contributed by atoms with Crippen LogP contribution in [0.4, 0.5) is 5.82 Å². The summed E-state index contributed by atoms with van der Waals surface area (Å²) in [6, 6.07) is 5.37. The smallest absolute Gasteiger partial charge is 0.251 e. The minimum absolute atomic E-state index is 0.0218. The van der Waals surface area contributed by atoms with Gasteiger partial charge in [-0.15, -0.1) is 0 Å². The molecule has 0 aliphatic carbocycles. The third-order valence-electron chi connectivity index (χ3n) is 5.20. The van der Waals surface area contributed by atoms with Crippen molar-refractivity contribution in [3.63, 3.8) is 0 Å². The van der Waals surface area contributed by atoms with E-state index in [9.17, 15) is 9.59 Å². The summed E-state index contributed by atoms with van der Waals surface area (Å²) in [7, 11) is 0. The predicted octanol–water partition coefficient (Wildman–Crippen LogP) is 2.11. The number of hydrogen-bond acceptors (Lipinski definition) is 4. The highest BCUT2D eigenvalue weighted by molar-refractivity contribution is 6.33. The van der Waals surface area contributed by atoms with Gasteiger partial charge in [0.2, 0.25) is 5.91 Å². The Hall–Kier alpha value is -2.34. The van der Waals surface area contributed by atoms with E-state index in [0.717, 1.165) is 29.8 Å². The molecule has 6 nitrogen and oxygen atoms in total. The molecular formula is C18H19ClN4O2. The molecule has 2 N–H and O–H groups in total. The normalized spacial score (nSPS) is 21.8. The molecule has 0 saturated carbocycles. The summed E-state index contributed by atoms with van der Waals surface area (Å²) in [6.07, 6.45) is 2.63. The number of aromatic nitrogens is 2. The number of amides is 1. The molecule has 4 rings (SSSR count). The number of halogens is 1. The second kappa shape index (κ2) is 5.88. The fourth-order valence-electron chi connectivity index (χ4n) is 3.99. The first-order valence-corrected chi connectivity index (χ1v) is 8.72. The number of pyridine rings is 2. The topological polar surface area (TPSA) is 81.2 Å². The minimum Gasteiger partial charge on any atom is -0.382 e. The van der Waals surface area contributed by atoms with Crippen molar-refractivity contribution in [3.8, 4) is 11.1 Å². The van der Waals surface area contributed by atoms with Crippen molar-refractivity contribution in [2.24, 2.45) is 5.92 Å². The van der Waals surface area contributed by atoms with Crippen molar-refractivity contribution in [1.29, 1.82) is 0 Å². The number of fused-ring (bicyclic) bond motifs is 4. The van der Waals surface area contributed by atoms with Gasteiger partial charge in [0.05, 0.1) is 5.02 Å². The van der Waals surface area contributed by atoms with Crippen LogP contribution in [0.25, 0.3) is 11.1 Å². The van der Waals surface area contributed by atoms with E-state index in [1.54, 1.807) is 25.3 Å². The van der Waals surface area contributed by atoms with Crippen molar-refractivity contribution in [3.05, 3.63) is 45.5 Å². The molecular weight excluding hydrogens is 340 g/mol. The lowest BCUT2D eigenvalue weighted by atomic mass is 9.82. The van der Waals surface area contributed by atoms with Crippen molar-refractivity contribution in [2.75, 3.05) is 18.8 Å². The van der Waals surface area contributed by atoms with Crippen LogP contribution in [0, 0.1) is 5.92 Å². The molecule has 2 atom stereocenters. The Morgan fingerprint density at radius 2 is 2.04 bits per heavy atom. The fourth-order valence-corrected chi connectivity index (χ4v) is 4.16. The van der Waals surface area contributed by atoms with Crippen LogP contribution in [0.2, 0.25) is 5.02 Å². The zero-order valence-corrected chi connectivity index (χ0v) is 14.7. The minimum atomic E-state index is -0.0218. The lowest BCUT2D eigenvalue weighted by Gasteiger charge is -2.42. The molecule has 2 aliphatic heterocycles. The van der Waals surface area contributed by atoms with Gasteiger partial charge in [0.25, 0.3) is 5.56 Å². The molecule has 7 heteroatoms. The zero-order chi connectivity index (χ0) is 17.7. The maximum atomic E-state index is 12.7. The Balaban J connectivity index is 1.78. The maximum Gasteiger partial charge on any atom is 0.251 e. The molecule has 0 unspecified atom stereocenters. The highest BCUT2D eigenvalue weighted by atomic mass is 35.5. The highest BCUT2D eigenvalue weighted by Crippen LogP contribution is 2.36. The van der Waals surface area contributed by atoms with Crippen molar-refractivity contribution >= 4 is 23.3 Å². The average molecular weight is 359 g/mol. The number of nitrogen functional groups attached to an aromatic ring is 1. The summed E-state index contributed by atoms with van der Waals surface area (Å²) in [4.78, 5) is 30.4. The number of nitrogens with zero attached hydrogens (tertiary/aromatic N) is 3. The quantitative estimate of drug-likeness (QED) is 0.846. The van der Waals surface area contributed by atoms with Gasteiger partial charge in [-0.3, -0.25) is 9.59 Å². The van der Waals surface area contributed by atoms with E-state index in [4.69, 9.17) is 17.3 Å². The van der Waals surface area contributed by atoms with Gasteiger partial charge >= 0.3 is 0 Å². The van der Waals surface area contributed by atoms with Gasteiger partial charge in [-0.2, -0.15) is 0 Å². The number of hydrogen-bond donors (Lipinski definition) is 1. The molecule has 0 radical (unpaired) electrons. The van der Waals surface area contributed by atoms with Gasteiger partial charge in [0.1, 0.15) is 5.82 Å². The summed E-state index contributed by atoms with van der Waals surface area (Å²) in [5.41, 5.74) is 8.18. The van der Waals surface area contributed by atoms with Gasteiger partial charge in [-0.1, -0.05) is 11.6 Å². The molecule has 1 fully saturated rings. The first-order chi connectivity index (χ1) is 11.9. The molecule has 1 amide bonds. The summed E-state index contributed by atoms with van der Waals surface area (Å²) in [5, 5.41) is 0.371. The summed E-state index contributed by atoms with van der Waals surface area (Å²) >= 11 is 6.07. The molecule has 0 spiro atoms. The van der Waals surface area contributed by atoms with Gasteiger partial charge in [-0.25, -0.2) is 4.98 Å². The number of likely N-dealkylation sites (tertiary alicyclic amines) is 1. The first-order valence-electron chi connectivity index (χ1n) is 8.34. The van der Waals surface area contributed by atoms with Crippen LogP contribution in [0.15, 0.2) is 29.2 Å². The molecule has 2 aromatic heterocycles. The van der Waals surface area contributed by atoms with Crippen molar-refractivity contribution < 1.29 is 4.79 Å². The standard InChI is InChI=1S/C18H19ClN4O2/c1-10(24)22-7-11-2-14(9-22)16-4-12(5-17(25)23(16)8-11)13-3-15(19)18(20)21-6-13/h3-6,11,14H,2,7-9H2,1H3,(H2,20,21)/t11-,14+/m0/s1. The molecule has 130 valence electrons. The summed E-state index contributed by atoms with van der Waals surface area (Å²) in [6.45, 7) is 3.66. The van der Waals surface area contributed by atoms with E-state index < -0.39 is 0 Å². The van der Waals surface area contributed by atoms with Crippen LogP contribution in [0.1, 0.15) is 25.0 Å². The van der Waals surface area contributed by atoms with Gasteiger partial charge in [0.15, 0.2) is 0 Å². The number of nitrogens with two attached hydrogens (primary N) is 1. The average Bonchev–Trinajstić information content (AvgIpc) is 2.58. The van der Waals surface area contributed by atoms with Gasteiger partial charge in [0, 0.05) is 56.0 Å². The molecule has 4 heterocycles. The monoisotopic (exact) mass is 358 g/mol. The largest absolute Gasteiger partial charge is 0.382 e. The van der Waals surface area contributed by atoms with Gasteiger partial charge in [-0.05, 0) is 30.0 Å². The third-order valence-corrected chi connectivity index (χ3v) is 5.51. The molecule has 2 aliphatic rings. The van der Waals surface area contributed by atoms with E-state index in [0.29, 0.717) is 24.0 Å². The van der Waals surface area contributed by atoms with Gasteiger partial charge < -0.3 is 15.2 Å². The van der Waals surface area contributed by atoms with E-state index in [2.05, 4.69) is 4.98 Å². The number of anilines is 1. The highest BCUT2D eigenvalue weighted by Gasteiger charge is 2.35. The summed E-state index contributed by atoms with van der Waals surface area (Å²) in [5.74, 6) is 0.885. The Kier molecular flexibility index (Phi) is 3.80. The Morgan fingerprint density at radius 1 is 1.24 bits per heavy atom. The fraction of sp³-hybridized carbons (Fsp3) is 0.389. The number of piperidine rings is 1. The van der Waals surface area contributed by atoms with E-state index in [-0.39, 0.29) is 23.2 Å². The molecule has 2 aromatic rings. The number of carbonyl (C=O) groups is 1. The van der Waals surface area contributed by atoms with Crippen LogP contribution in [-0.2, 0) is 11.3 Å². The SMILES string of the molecule is CC(=O)N1C[C@@H]2C[C@H](C1)c1cc(-c3cnc(N)c(Cl)c3)cc(=O)n1C2. The Bertz CT molecular complexity index is 924. The van der Waals surface area contributed by atoms with Crippen LogP contribution in [0.3, 0.4) is 0 Å². The Morgan fingerprint density at radius 3 is 2.76 bits per heavy atom. The number of rotatable bonds is 1. The lowest BCUT2D eigenvalue weighted by Crippen LogP contribution is -2.48. The molecule has 0 aromatic carbocycles. The second-order valence-electron chi connectivity index (χ2n) is 6.93. The summed E-state index contributed by atoms with van der Waals surface area (Å²) < 4.78 is 1.85.